The van der Waals surface area contributed by atoms with E-state index in [2.05, 4.69) is 32.9 Å². The van der Waals surface area contributed by atoms with Crippen molar-refractivity contribution >= 4 is 5.97 Å². The summed E-state index contributed by atoms with van der Waals surface area (Å²) < 4.78 is 32.7. The zero-order valence-corrected chi connectivity index (χ0v) is 24.1. The van der Waals surface area contributed by atoms with Crippen LogP contribution in [0.5, 0.6) is 11.5 Å². The van der Waals surface area contributed by atoms with Crippen LogP contribution in [0.2, 0.25) is 0 Å². The molecule has 212 valence electrons. The molecule has 3 aromatic carbocycles. The van der Waals surface area contributed by atoms with Crippen molar-refractivity contribution in [3.05, 3.63) is 82.7 Å². The molecule has 3 atom stereocenters. The molecule has 1 fully saturated rings. The second-order valence-corrected chi connectivity index (χ2v) is 12.3. The number of halogens is 1. The van der Waals surface area contributed by atoms with Crippen LogP contribution in [-0.4, -0.2) is 25.3 Å². The van der Waals surface area contributed by atoms with Gasteiger partial charge >= 0.3 is 5.97 Å². The quantitative estimate of drug-likeness (QED) is 0.311. The summed E-state index contributed by atoms with van der Waals surface area (Å²) in [7, 11) is 3.25. The van der Waals surface area contributed by atoms with Crippen molar-refractivity contribution in [2.75, 3.05) is 14.2 Å². The number of ether oxygens (including phenoxy) is 3. The molecule has 0 aliphatic heterocycles. The molecule has 0 bridgehead atoms. The third-order valence-corrected chi connectivity index (χ3v) is 8.82. The molecule has 0 radical (unpaired) electrons. The number of benzene rings is 3. The lowest BCUT2D eigenvalue weighted by Crippen LogP contribution is -2.50. The van der Waals surface area contributed by atoms with E-state index in [1.165, 1.54) is 11.6 Å². The summed E-state index contributed by atoms with van der Waals surface area (Å²) in [5.74, 6) is -0.0243. The molecule has 1 N–H and O–H groups in total. The van der Waals surface area contributed by atoms with E-state index >= 15 is 4.39 Å². The highest BCUT2D eigenvalue weighted by Crippen LogP contribution is 2.56. The zero-order valence-electron chi connectivity index (χ0n) is 24.1. The lowest BCUT2D eigenvalue weighted by atomic mass is 9.52. The number of aryl methyl sites for hydroxylation is 1. The molecule has 6 heteroatoms. The molecule has 0 amide bonds. The molecule has 1 saturated carbocycles. The molecule has 5 rings (SSSR count). The number of rotatable bonds is 8. The smallest absolute Gasteiger partial charge is 0.307 e. The number of carbonyl (C=O) groups is 1. The number of aliphatic carboxylic acids is 1. The Morgan fingerprint density at radius 1 is 1.02 bits per heavy atom. The first kappa shape index (κ1) is 28.2. The molecule has 2 aliphatic carbocycles. The lowest BCUT2D eigenvalue weighted by molar-refractivity contribution is -0.150. The minimum Gasteiger partial charge on any atom is -0.497 e. The van der Waals surface area contributed by atoms with Crippen LogP contribution in [0.15, 0.2) is 54.6 Å². The highest BCUT2D eigenvalue weighted by Gasteiger charge is 2.53. The molecule has 0 unspecified atom stereocenters. The van der Waals surface area contributed by atoms with Gasteiger partial charge in [0.05, 0.1) is 19.1 Å². The van der Waals surface area contributed by atoms with Gasteiger partial charge in [0, 0.05) is 18.1 Å². The number of fused-ring (bicyclic) bond motifs is 2. The predicted molar refractivity (Wildman–Crippen MR) is 153 cm³/mol. The Balaban J connectivity index is 1.47. The van der Waals surface area contributed by atoms with Gasteiger partial charge in [-0.15, -0.1) is 0 Å². The van der Waals surface area contributed by atoms with Crippen LogP contribution in [0.4, 0.5) is 4.39 Å². The molecule has 2 aliphatic rings. The fourth-order valence-electron chi connectivity index (χ4n) is 6.79. The minimum atomic E-state index is -0.697. The van der Waals surface area contributed by atoms with Gasteiger partial charge in [0.25, 0.3) is 0 Å². The van der Waals surface area contributed by atoms with Gasteiger partial charge in [-0.25, -0.2) is 4.39 Å². The second-order valence-electron chi connectivity index (χ2n) is 12.3. The van der Waals surface area contributed by atoms with Gasteiger partial charge in [-0.05, 0) is 102 Å². The molecule has 1 spiro atoms. The van der Waals surface area contributed by atoms with Crippen molar-refractivity contribution in [1.82, 2.24) is 0 Å². The molecule has 0 saturated heterocycles. The van der Waals surface area contributed by atoms with Crippen LogP contribution >= 0.6 is 0 Å². The summed E-state index contributed by atoms with van der Waals surface area (Å²) >= 11 is 0. The van der Waals surface area contributed by atoms with Gasteiger partial charge in [0.2, 0.25) is 0 Å². The maximum Gasteiger partial charge on any atom is 0.307 e. The Morgan fingerprint density at radius 3 is 2.45 bits per heavy atom. The average Bonchev–Trinajstić information content (AvgIpc) is 2.90. The van der Waals surface area contributed by atoms with E-state index in [9.17, 15) is 9.90 Å². The molecule has 0 aromatic heterocycles. The van der Waals surface area contributed by atoms with Gasteiger partial charge in [0.1, 0.15) is 23.9 Å². The maximum atomic E-state index is 15.1. The lowest BCUT2D eigenvalue weighted by Gasteiger charge is -2.51. The van der Waals surface area contributed by atoms with Crippen molar-refractivity contribution in [3.63, 3.8) is 0 Å². The van der Waals surface area contributed by atoms with E-state index < -0.39 is 5.97 Å². The SMILES string of the molecule is COc1ccc(F)c(-c2ccc(COc3ccc4c(c3)[C@@]3(CCC4)CC[C@H]3C(=O)O)cc2[C@@H](OC)C(C)(C)C)c1. The molecule has 3 aromatic rings. The summed E-state index contributed by atoms with van der Waals surface area (Å²) in [6.45, 7) is 6.63. The van der Waals surface area contributed by atoms with Gasteiger partial charge in [0.15, 0.2) is 0 Å². The Labute approximate surface area is 236 Å². The molecule has 5 nitrogen and oxygen atoms in total. The van der Waals surface area contributed by atoms with Crippen molar-refractivity contribution in [3.8, 4) is 22.6 Å². The first-order chi connectivity index (χ1) is 19.1. The van der Waals surface area contributed by atoms with Crippen molar-refractivity contribution < 1.29 is 28.5 Å². The van der Waals surface area contributed by atoms with Crippen LogP contribution in [0, 0.1) is 17.2 Å². The van der Waals surface area contributed by atoms with E-state index in [1.807, 2.05) is 24.3 Å². The fraction of sp³-hybridized carbons (Fsp3) is 0.441. The van der Waals surface area contributed by atoms with Gasteiger partial charge in [-0.1, -0.05) is 39.0 Å². The van der Waals surface area contributed by atoms with Gasteiger partial charge < -0.3 is 19.3 Å². The van der Waals surface area contributed by atoms with E-state index in [4.69, 9.17) is 14.2 Å². The predicted octanol–water partition coefficient (Wildman–Crippen LogP) is 7.88. The third kappa shape index (κ3) is 5.10. The molecule has 0 heterocycles. The first-order valence-electron chi connectivity index (χ1n) is 14.1. The average molecular weight is 547 g/mol. The normalized spacial score (nSPS) is 20.9. The van der Waals surface area contributed by atoms with E-state index in [0.717, 1.165) is 60.1 Å². The third-order valence-electron chi connectivity index (χ3n) is 8.82. The van der Waals surface area contributed by atoms with E-state index in [1.54, 1.807) is 26.4 Å². The van der Waals surface area contributed by atoms with Crippen molar-refractivity contribution in [2.45, 2.75) is 71.0 Å². The van der Waals surface area contributed by atoms with Crippen LogP contribution in [-0.2, 0) is 28.0 Å². The molecular formula is C34H39FO5. The van der Waals surface area contributed by atoms with Crippen molar-refractivity contribution in [1.29, 1.82) is 0 Å². The number of methoxy groups -OCH3 is 2. The Morgan fingerprint density at radius 2 is 1.80 bits per heavy atom. The first-order valence-corrected chi connectivity index (χ1v) is 14.1. The van der Waals surface area contributed by atoms with Crippen LogP contribution in [0.25, 0.3) is 11.1 Å². The molecular weight excluding hydrogens is 507 g/mol. The van der Waals surface area contributed by atoms with Gasteiger partial charge in [-0.3, -0.25) is 4.79 Å². The van der Waals surface area contributed by atoms with Crippen molar-refractivity contribution in [2.24, 2.45) is 11.3 Å². The van der Waals surface area contributed by atoms with E-state index in [0.29, 0.717) is 17.9 Å². The number of carboxylic acids is 1. The van der Waals surface area contributed by atoms with Gasteiger partial charge in [-0.2, -0.15) is 0 Å². The second kappa shape index (κ2) is 10.9. The topological polar surface area (TPSA) is 65.0 Å². The largest absolute Gasteiger partial charge is 0.497 e. The number of hydrogen-bond donors (Lipinski definition) is 1. The number of carboxylic acid groups (broad SMARTS) is 1. The highest BCUT2D eigenvalue weighted by atomic mass is 19.1. The monoisotopic (exact) mass is 546 g/mol. The maximum absolute atomic E-state index is 15.1. The Kier molecular flexibility index (Phi) is 7.66. The Hall–Kier alpha value is -3.38. The summed E-state index contributed by atoms with van der Waals surface area (Å²) in [6.07, 6.45) is 4.27. The Bertz CT molecular complexity index is 1410. The minimum absolute atomic E-state index is 0.241. The summed E-state index contributed by atoms with van der Waals surface area (Å²) in [4.78, 5) is 12.0. The fourth-order valence-corrected chi connectivity index (χ4v) is 6.79. The van der Waals surface area contributed by atoms with Crippen LogP contribution in [0.3, 0.4) is 0 Å². The molecule has 40 heavy (non-hydrogen) atoms. The summed E-state index contributed by atoms with van der Waals surface area (Å²) in [5.41, 5.74) is 4.90. The zero-order chi connectivity index (χ0) is 28.7. The highest BCUT2D eigenvalue weighted by molar-refractivity contribution is 5.75. The summed E-state index contributed by atoms with van der Waals surface area (Å²) in [6, 6.07) is 16.8. The van der Waals surface area contributed by atoms with E-state index in [-0.39, 0.29) is 28.7 Å². The number of hydrogen-bond acceptors (Lipinski definition) is 4. The standard InChI is InChI=1S/C34H39FO5/c1-33(2,3)31(39-5)27-17-21(8-12-25(27)26-18-23(38-4)11-13-30(26)35)20-40-24-10-9-22-7-6-15-34(29(22)19-24)16-14-28(34)32(36)37/h8-13,17-19,28,31H,6-7,14-16,20H2,1-5H3,(H,36,37)/t28-,31+,34-/m0/s1. The van der Waals surface area contributed by atoms with Crippen LogP contribution < -0.4 is 9.47 Å². The van der Waals surface area contributed by atoms with Crippen LogP contribution in [0.1, 0.15) is 74.8 Å². The summed E-state index contributed by atoms with van der Waals surface area (Å²) in [5, 5.41) is 9.83.